The van der Waals surface area contributed by atoms with Gasteiger partial charge < -0.3 is 10.2 Å². The third kappa shape index (κ3) is 3.25. The van der Waals surface area contributed by atoms with Crippen LogP contribution in [0, 0.1) is 0 Å². The lowest BCUT2D eigenvalue weighted by atomic mass is 10.1. The predicted molar refractivity (Wildman–Crippen MR) is 75.1 cm³/mol. The SMILES string of the molecule is CC(C)(C)NC(=O)c1cccc(N2CCCC2)c1. The summed E-state index contributed by atoms with van der Waals surface area (Å²) in [7, 11) is 0. The molecule has 0 radical (unpaired) electrons. The maximum Gasteiger partial charge on any atom is 0.251 e. The number of hydrogen-bond acceptors (Lipinski definition) is 2. The van der Waals surface area contributed by atoms with Crippen LogP contribution in [-0.4, -0.2) is 24.5 Å². The molecule has 3 heteroatoms. The molecule has 1 aromatic carbocycles. The van der Waals surface area contributed by atoms with E-state index in [0.29, 0.717) is 0 Å². The highest BCUT2D eigenvalue weighted by molar-refractivity contribution is 5.95. The van der Waals surface area contributed by atoms with E-state index < -0.39 is 0 Å². The van der Waals surface area contributed by atoms with Gasteiger partial charge in [0.25, 0.3) is 5.91 Å². The second-order valence-electron chi connectivity index (χ2n) is 5.95. The van der Waals surface area contributed by atoms with E-state index in [1.807, 2.05) is 39.0 Å². The zero-order chi connectivity index (χ0) is 13.2. The summed E-state index contributed by atoms with van der Waals surface area (Å²) in [5.74, 6) is 0.00328. The van der Waals surface area contributed by atoms with Crippen LogP contribution in [0.4, 0.5) is 5.69 Å². The fourth-order valence-electron chi connectivity index (χ4n) is 2.23. The Balaban J connectivity index is 2.14. The third-order valence-electron chi connectivity index (χ3n) is 3.07. The monoisotopic (exact) mass is 246 g/mol. The highest BCUT2D eigenvalue weighted by atomic mass is 16.1. The van der Waals surface area contributed by atoms with Gasteiger partial charge in [0, 0.05) is 29.9 Å². The minimum atomic E-state index is -0.194. The van der Waals surface area contributed by atoms with Gasteiger partial charge in [-0.3, -0.25) is 4.79 Å². The topological polar surface area (TPSA) is 32.3 Å². The Labute approximate surface area is 109 Å². The lowest BCUT2D eigenvalue weighted by molar-refractivity contribution is 0.0919. The van der Waals surface area contributed by atoms with Crippen molar-refractivity contribution in [1.29, 1.82) is 0 Å². The molecule has 1 saturated heterocycles. The molecule has 98 valence electrons. The van der Waals surface area contributed by atoms with Crippen LogP contribution in [-0.2, 0) is 0 Å². The summed E-state index contributed by atoms with van der Waals surface area (Å²) in [6.45, 7) is 8.19. The number of nitrogens with one attached hydrogen (secondary N) is 1. The highest BCUT2D eigenvalue weighted by Gasteiger charge is 2.17. The number of anilines is 1. The molecule has 18 heavy (non-hydrogen) atoms. The Morgan fingerprint density at radius 3 is 2.50 bits per heavy atom. The van der Waals surface area contributed by atoms with E-state index in [-0.39, 0.29) is 11.4 Å². The van der Waals surface area contributed by atoms with Crippen LogP contribution in [0.15, 0.2) is 24.3 Å². The Kier molecular flexibility index (Phi) is 3.60. The molecular formula is C15H22N2O. The molecule has 1 amide bonds. The van der Waals surface area contributed by atoms with E-state index in [2.05, 4.69) is 16.3 Å². The van der Waals surface area contributed by atoms with E-state index in [4.69, 9.17) is 0 Å². The van der Waals surface area contributed by atoms with Crippen LogP contribution >= 0.6 is 0 Å². The van der Waals surface area contributed by atoms with Crippen molar-refractivity contribution in [2.45, 2.75) is 39.2 Å². The van der Waals surface area contributed by atoms with Crippen molar-refractivity contribution in [3.63, 3.8) is 0 Å². The van der Waals surface area contributed by atoms with Gasteiger partial charge in [-0.25, -0.2) is 0 Å². The first-order valence-electron chi connectivity index (χ1n) is 6.63. The summed E-state index contributed by atoms with van der Waals surface area (Å²) < 4.78 is 0. The molecule has 0 aromatic heterocycles. The normalized spacial score (nSPS) is 15.8. The van der Waals surface area contributed by atoms with Crippen molar-refractivity contribution in [2.24, 2.45) is 0 Å². The maximum atomic E-state index is 12.1. The number of carbonyl (C=O) groups is 1. The van der Waals surface area contributed by atoms with Crippen molar-refractivity contribution in [3.8, 4) is 0 Å². The zero-order valence-electron chi connectivity index (χ0n) is 11.5. The van der Waals surface area contributed by atoms with Gasteiger partial charge in [0.1, 0.15) is 0 Å². The molecule has 0 saturated carbocycles. The van der Waals surface area contributed by atoms with Crippen molar-refractivity contribution in [1.82, 2.24) is 5.32 Å². The van der Waals surface area contributed by atoms with E-state index >= 15 is 0 Å². The average Bonchev–Trinajstić information content (AvgIpc) is 2.80. The van der Waals surface area contributed by atoms with E-state index in [9.17, 15) is 4.79 Å². The van der Waals surface area contributed by atoms with Crippen LogP contribution in [0.2, 0.25) is 0 Å². The van der Waals surface area contributed by atoms with Crippen LogP contribution in [0.1, 0.15) is 44.0 Å². The van der Waals surface area contributed by atoms with Crippen LogP contribution < -0.4 is 10.2 Å². The highest BCUT2D eigenvalue weighted by Crippen LogP contribution is 2.21. The van der Waals surface area contributed by atoms with Crippen LogP contribution in [0.3, 0.4) is 0 Å². The summed E-state index contributed by atoms with van der Waals surface area (Å²) in [5, 5.41) is 3.00. The molecule has 1 fully saturated rings. The summed E-state index contributed by atoms with van der Waals surface area (Å²) >= 11 is 0. The number of hydrogen-bond donors (Lipinski definition) is 1. The van der Waals surface area contributed by atoms with Crippen molar-refractivity contribution in [2.75, 3.05) is 18.0 Å². The Bertz CT molecular complexity index is 428. The molecule has 0 bridgehead atoms. The Morgan fingerprint density at radius 2 is 1.89 bits per heavy atom. The molecule has 2 rings (SSSR count). The van der Waals surface area contributed by atoms with Gasteiger partial charge in [-0.05, 0) is 51.8 Å². The number of nitrogens with zero attached hydrogens (tertiary/aromatic N) is 1. The molecule has 1 aliphatic heterocycles. The quantitative estimate of drug-likeness (QED) is 0.870. The number of amides is 1. The summed E-state index contributed by atoms with van der Waals surface area (Å²) in [6, 6.07) is 7.91. The van der Waals surface area contributed by atoms with Crippen molar-refractivity contribution in [3.05, 3.63) is 29.8 Å². The number of carbonyl (C=O) groups excluding carboxylic acids is 1. The smallest absolute Gasteiger partial charge is 0.251 e. The summed E-state index contributed by atoms with van der Waals surface area (Å²) in [5.41, 5.74) is 1.71. The zero-order valence-corrected chi connectivity index (χ0v) is 11.5. The van der Waals surface area contributed by atoms with Gasteiger partial charge in [-0.1, -0.05) is 6.07 Å². The van der Waals surface area contributed by atoms with E-state index in [1.165, 1.54) is 12.8 Å². The lowest BCUT2D eigenvalue weighted by Gasteiger charge is -2.22. The lowest BCUT2D eigenvalue weighted by Crippen LogP contribution is -2.40. The molecule has 1 heterocycles. The van der Waals surface area contributed by atoms with E-state index in [1.54, 1.807) is 0 Å². The molecule has 0 spiro atoms. The van der Waals surface area contributed by atoms with Gasteiger partial charge in [0.15, 0.2) is 0 Å². The molecule has 1 N–H and O–H groups in total. The van der Waals surface area contributed by atoms with Crippen molar-refractivity contribution >= 4 is 11.6 Å². The number of benzene rings is 1. The minimum absolute atomic E-state index is 0.00328. The molecule has 0 aliphatic carbocycles. The van der Waals surface area contributed by atoms with Crippen LogP contribution in [0.25, 0.3) is 0 Å². The standard InChI is InChI=1S/C15H22N2O/c1-15(2,3)16-14(18)12-7-6-8-13(11-12)17-9-4-5-10-17/h6-8,11H,4-5,9-10H2,1-3H3,(H,16,18). The fourth-order valence-corrected chi connectivity index (χ4v) is 2.23. The van der Waals surface area contributed by atoms with Gasteiger partial charge in [0.2, 0.25) is 0 Å². The van der Waals surface area contributed by atoms with Gasteiger partial charge >= 0.3 is 0 Å². The minimum Gasteiger partial charge on any atom is -0.372 e. The first-order valence-corrected chi connectivity index (χ1v) is 6.63. The molecule has 3 nitrogen and oxygen atoms in total. The largest absolute Gasteiger partial charge is 0.372 e. The second-order valence-corrected chi connectivity index (χ2v) is 5.95. The fraction of sp³-hybridized carbons (Fsp3) is 0.533. The predicted octanol–water partition coefficient (Wildman–Crippen LogP) is 2.82. The molecule has 1 aromatic rings. The van der Waals surface area contributed by atoms with Gasteiger partial charge in [0.05, 0.1) is 0 Å². The van der Waals surface area contributed by atoms with E-state index in [0.717, 1.165) is 24.3 Å². The summed E-state index contributed by atoms with van der Waals surface area (Å²) in [4.78, 5) is 14.4. The molecule has 0 atom stereocenters. The first kappa shape index (κ1) is 12.9. The first-order chi connectivity index (χ1) is 8.46. The molecule has 1 aliphatic rings. The summed E-state index contributed by atoms with van der Waals surface area (Å²) in [6.07, 6.45) is 2.50. The molecular weight excluding hydrogens is 224 g/mol. The maximum absolute atomic E-state index is 12.1. The Hall–Kier alpha value is -1.51. The molecule has 0 unspecified atom stereocenters. The van der Waals surface area contributed by atoms with Gasteiger partial charge in [-0.15, -0.1) is 0 Å². The second kappa shape index (κ2) is 5.01. The number of rotatable bonds is 2. The Morgan fingerprint density at radius 1 is 1.22 bits per heavy atom. The van der Waals surface area contributed by atoms with Crippen LogP contribution in [0.5, 0.6) is 0 Å². The van der Waals surface area contributed by atoms with Crippen molar-refractivity contribution < 1.29 is 4.79 Å². The third-order valence-corrected chi connectivity index (χ3v) is 3.07. The van der Waals surface area contributed by atoms with Gasteiger partial charge in [-0.2, -0.15) is 0 Å². The average molecular weight is 246 g/mol.